The van der Waals surface area contributed by atoms with Gasteiger partial charge in [-0.05, 0) is 19.8 Å². The van der Waals surface area contributed by atoms with E-state index in [1.165, 1.54) is 18.3 Å². The molecule has 1 aromatic rings. The van der Waals surface area contributed by atoms with Crippen LogP contribution in [0.15, 0.2) is 6.33 Å². The van der Waals surface area contributed by atoms with E-state index in [1.807, 2.05) is 6.92 Å². The third-order valence-electron chi connectivity index (χ3n) is 5.32. The SMILES string of the molecule is CCOC(=O)c1[nH]cnc1C(=O)N1CC(=O)N2[C@@H](C[C@H](C(=O)OC)[C@@H]2CC)C1. The number of esters is 2. The van der Waals surface area contributed by atoms with Crippen LogP contribution in [0.5, 0.6) is 0 Å². The molecule has 0 unspecified atom stereocenters. The molecule has 2 saturated heterocycles. The van der Waals surface area contributed by atoms with Gasteiger partial charge in [-0.25, -0.2) is 9.78 Å². The summed E-state index contributed by atoms with van der Waals surface area (Å²) in [6.07, 6.45) is 2.31. The Hall–Kier alpha value is -2.91. The maximum atomic E-state index is 12.9. The molecule has 3 rings (SSSR count). The summed E-state index contributed by atoms with van der Waals surface area (Å²) in [7, 11) is 1.33. The van der Waals surface area contributed by atoms with Crippen molar-refractivity contribution in [1.82, 2.24) is 19.8 Å². The number of fused-ring (bicyclic) bond motifs is 1. The Balaban J connectivity index is 1.80. The van der Waals surface area contributed by atoms with Gasteiger partial charge in [0.2, 0.25) is 5.91 Å². The van der Waals surface area contributed by atoms with Crippen LogP contribution in [0.25, 0.3) is 0 Å². The van der Waals surface area contributed by atoms with Gasteiger partial charge in [-0.15, -0.1) is 0 Å². The Morgan fingerprint density at radius 1 is 1.32 bits per heavy atom. The van der Waals surface area contributed by atoms with Crippen molar-refractivity contribution in [3.05, 3.63) is 17.7 Å². The lowest BCUT2D eigenvalue weighted by Gasteiger charge is -2.39. The van der Waals surface area contributed by atoms with Crippen LogP contribution >= 0.6 is 0 Å². The summed E-state index contributed by atoms with van der Waals surface area (Å²) in [4.78, 5) is 59.5. The largest absolute Gasteiger partial charge is 0.469 e. The van der Waals surface area contributed by atoms with E-state index in [4.69, 9.17) is 9.47 Å². The van der Waals surface area contributed by atoms with Crippen LogP contribution in [-0.4, -0.2) is 82.4 Å². The van der Waals surface area contributed by atoms with Crippen molar-refractivity contribution in [2.75, 3.05) is 26.8 Å². The number of aromatic amines is 1. The quantitative estimate of drug-likeness (QED) is 0.711. The molecule has 0 bridgehead atoms. The number of nitrogens with one attached hydrogen (secondary N) is 1. The molecular formula is C18H24N4O6. The number of rotatable bonds is 5. The van der Waals surface area contributed by atoms with Crippen molar-refractivity contribution in [3.63, 3.8) is 0 Å². The van der Waals surface area contributed by atoms with Gasteiger partial charge in [0, 0.05) is 12.6 Å². The zero-order chi connectivity index (χ0) is 20.4. The summed E-state index contributed by atoms with van der Waals surface area (Å²) >= 11 is 0. The number of nitrogens with zero attached hydrogens (tertiary/aromatic N) is 3. The van der Waals surface area contributed by atoms with Gasteiger partial charge >= 0.3 is 11.9 Å². The van der Waals surface area contributed by atoms with E-state index in [1.54, 1.807) is 11.8 Å². The normalized spacial score (nSPS) is 24.1. The summed E-state index contributed by atoms with van der Waals surface area (Å²) in [6, 6.07) is -0.507. The van der Waals surface area contributed by atoms with Gasteiger partial charge in [-0.1, -0.05) is 6.92 Å². The van der Waals surface area contributed by atoms with Crippen molar-refractivity contribution in [3.8, 4) is 0 Å². The highest BCUT2D eigenvalue weighted by Gasteiger charge is 2.50. The number of H-pyrrole nitrogens is 1. The second kappa shape index (κ2) is 7.99. The van der Waals surface area contributed by atoms with Crippen LogP contribution in [0.1, 0.15) is 47.7 Å². The third-order valence-corrected chi connectivity index (χ3v) is 5.32. The van der Waals surface area contributed by atoms with E-state index >= 15 is 0 Å². The first kappa shape index (κ1) is 19.8. The molecule has 0 spiro atoms. The molecule has 3 atom stereocenters. The smallest absolute Gasteiger partial charge is 0.357 e. The van der Waals surface area contributed by atoms with E-state index in [0.717, 1.165) is 0 Å². The monoisotopic (exact) mass is 392 g/mol. The molecule has 10 nitrogen and oxygen atoms in total. The van der Waals surface area contributed by atoms with Gasteiger partial charge in [0.05, 0.1) is 32.0 Å². The summed E-state index contributed by atoms with van der Waals surface area (Å²) in [5, 5.41) is 0. The van der Waals surface area contributed by atoms with Gasteiger partial charge < -0.3 is 24.3 Å². The lowest BCUT2D eigenvalue weighted by atomic mass is 9.97. The molecular weight excluding hydrogens is 368 g/mol. The van der Waals surface area contributed by atoms with Crippen LogP contribution < -0.4 is 0 Å². The molecule has 1 aromatic heterocycles. The van der Waals surface area contributed by atoms with E-state index in [9.17, 15) is 19.2 Å². The zero-order valence-corrected chi connectivity index (χ0v) is 16.1. The van der Waals surface area contributed by atoms with Gasteiger partial charge in [0.15, 0.2) is 11.4 Å². The molecule has 152 valence electrons. The molecule has 0 aliphatic carbocycles. The van der Waals surface area contributed by atoms with Crippen molar-refractivity contribution in [1.29, 1.82) is 0 Å². The van der Waals surface area contributed by atoms with Crippen molar-refractivity contribution in [2.45, 2.75) is 38.8 Å². The molecule has 0 aromatic carbocycles. The Bertz CT molecular complexity index is 791. The minimum Gasteiger partial charge on any atom is -0.469 e. The zero-order valence-electron chi connectivity index (χ0n) is 16.1. The average molecular weight is 392 g/mol. The lowest BCUT2D eigenvalue weighted by molar-refractivity contribution is -0.147. The van der Waals surface area contributed by atoms with Crippen LogP contribution in [0.2, 0.25) is 0 Å². The number of carbonyl (C=O) groups excluding carboxylic acids is 4. The number of methoxy groups -OCH3 is 1. The van der Waals surface area contributed by atoms with Crippen molar-refractivity contribution in [2.24, 2.45) is 5.92 Å². The number of hydrogen-bond donors (Lipinski definition) is 1. The highest BCUT2D eigenvalue weighted by Crippen LogP contribution is 2.35. The minimum absolute atomic E-state index is 0.0352. The van der Waals surface area contributed by atoms with Gasteiger partial charge in [-0.2, -0.15) is 0 Å². The molecule has 2 amide bonds. The van der Waals surface area contributed by atoms with Gasteiger partial charge in [0.1, 0.15) is 6.54 Å². The number of carbonyl (C=O) groups is 4. The number of imidazole rings is 1. The van der Waals surface area contributed by atoms with Crippen LogP contribution in [0.3, 0.4) is 0 Å². The summed E-state index contributed by atoms with van der Waals surface area (Å²) in [5.41, 5.74) is -0.110. The third kappa shape index (κ3) is 3.34. The number of amides is 2. The molecule has 2 fully saturated rings. The van der Waals surface area contributed by atoms with Crippen LogP contribution in [0, 0.1) is 5.92 Å². The predicted octanol–water partition coefficient (Wildman–Crippen LogP) is 0.211. The van der Waals surface area contributed by atoms with E-state index in [0.29, 0.717) is 12.8 Å². The summed E-state index contributed by atoms with van der Waals surface area (Å²) in [5.74, 6) is -2.17. The standard InChI is InChI=1S/C18H24N4O6/c1-4-12-11(17(25)27-3)6-10-7-21(8-13(23)22(10)12)16(24)14-15(20-9-19-14)18(26)28-5-2/h9-12H,4-8H2,1-3H3,(H,19,20)/t10-,11-,12-/m0/s1. The Kier molecular flexibility index (Phi) is 5.66. The highest BCUT2D eigenvalue weighted by atomic mass is 16.5. The molecule has 0 radical (unpaired) electrons. The fourth-order valence-electron chi connectivity index (χ4n) is 4.15. The molecule has 0 saturated carbocycles. The minimum atomic E-state index is -0.675. The second-order valence-electron chi connectivity index (χ2n) is 6.83. The van der Waals surface area contributed by atoms with E-state index < -0.39 is 17.8 Å². The Morgan fingerprint density at radius 2 is 2.07 bits per heavy atom. The van der Waals surface area contributed by atoms with Crippen LogP contribution in [0.4, 0.5) is 0 Å². The number of hydrogen-bond acceptors (Lipinski definition) is 7. The highest BCUT2D eigenvalue weighted by molar-refractivity contribution is 6.04. The van der Waals surface area contributed by atoms with E-state index in [-0.39, 0.29) is 55.0 Å². The average Bonchev–Trinajstić information content (AvgIpc) is 3.31. The summed E-state index contributed by atoms with van der Waals surface area (Å²) < 4.78 is 9.81. The van der Waals surface area contributed by atoms with Crippen molar-refractivity contribution < 1.29 is 28.7 Å². The number of piperazine rings is 1. The predicted molar refractivity (Wildman–Crippen MR) is 95.3 cm³/mol. The van der Waals surface area contributed by atoms with Crippen molar-refractivity contribution >= 4 is 23.8 Å². The second-order valence-corrected chi connectivity index (χ2v) is 6.83. The first-order chi connectivity index (χ1) is 13.4. The first-order valence-electron chi connectivity index (χ1n) is 9.31. The molecule has 10 heteroatoms. The first-order valence-corrected chi connectivity index (χ1v) is 9.31. The van der Waals surface area contributed by atoms with E-state index in [2.05, 4.69) is 9.97 Å². The lowest BCUT2D eigenvalue weighted by Crippen LogP contribution is -2.57. The fourth-order valence-corrected chi connectivity index (χ4v) is 4.15. The fraction of sp³-hybridized carbons (Fsp3) is 0.611. The molecule has 2 aliphatic rings. The molecule has 3 heterocycles. The van der Waals surface area contributed by atoms with Gasteiger partial charge in [0.25, 0.3) is 5.91 Å². The molecule has 2 aliphatic heterocycles. The van der Waals surface area contributed by atoms with Gasteiger partial charge in [-0.3, -0.25) is 14.4 Å². The topological polar surface area (TPSA) is 122 Å². The number of aromatic nitrogens is 2. The molecule has 28 heavy (non-hydrogen) atoms. The number of ether oxygens (including phenoxy) is 2. The van der Waals surface area contributed by atoms with Crippen LogP contribution in [-0.2, 0) is 19.1 Å². The maximum absolute atomic E-state index is 12.9. The summed E-state index contributed by atoms with van der Waals surface area (Å²) in [6.45, 7) is 3.88. The Morgan fingerprint density at radius 3 is 2.71 bits per heavy atom. The molecule has 1 N–H and O–H groups in total. The maximum Gasteiger partial charge on any atom is 0.357 e. The Labute approximate surface area is 162 Å².